The average Bonchev–Trinajstić information content (AvgIpc) is 2.74. The largest absolute Gasteiger partial charge is 0.359 e. The minimum atomic E-state index is -0.0837. The summed E-state index contributed by atoms with van der Waals surface area (Å²) in [5, 5.41) is 0. The Kier molecular flexibility index (Phi) is 4.90. The van der Waals surface area contributed by atoms with E-state index in [0.29, 0.717) is 35.5 Å². The first kappa shape index (κ1) is 17.9. The molecule has 0 aromatic heterocycles. The third-order valence-electron chi connectivity index (χ3n) is 5.08. The highest BCUT2D eigenvalue weighted by Gasteiger charge is 2.32. The maximum Gasteiger partial charge on any atom is 0.210 e. The van der Waals surface area contributed by atoms with Crippen molar-refractivity contribution in [1.29, 1.82) is 0 Å². The number of ketones is 2. The first-order valence-electron chi connectivity index (χ1n) is 9.37. The van der Waals surface area contributed by atoms with Gasteiger partial charge in [-0.15, -0.1) is 0 Å². The molecule has 0 saturated carbocycles. The Morgan fingerprint density at radius 1 is 0.607 bits per heavy atom. The summed E-state index contributed by atoms with van der Waals surface area (Å²) in [4.78, 5) is 28.3. The van der Waals surface area contributed by atoms with Crippen LogP contribution in [0.3, 0.4) is 0 Å². The van der Waals surface area contributed by atoms with Crippen molar-refractivity contribution >= 4 is 11.6 Å². The number of nitrogens with zero attached hydrogens (tertiary/aromatic N) is 1. The molecular weight excluding hydrogens is 346 g/mol. The second kappa shape index (κ2) is 7.65. The van der Waals surface area contributed by atoms with Crippen molar-refractivity contribution in [3.8, 4) is 0 Å². The first-order valence-corrected chi connectivity index (χ1v) is 9.37. The van der Waals surface area contributed by atoms with E-state index in [9.17, 15) is 9.59 Å². The molecule has 1 aliphatic carbocycles. The second-order valence-electron chi connectivity index (χ2n) is 7.00. The summed E-state index contributed by atoms with van der Waals surface area (Å²) in [7, 11) is 0. The van der Waals surface area contributed by atoms with E-state index in [1.165, 1.54) is 0 Å². The van der Waals surface area contributed by atoms with E-state index in [4.69, 9.17) is 0 Å². The number of hydrogen-bond acceptors (Lipinski definition) is 3. The quantitative estimate of drug-likeness (QED) is 0.634. The van der Waals surface area contributed by atoms with Crippen LogP contribution in [0.5, 0.6) is 0 Å². The van der Waals surface area contributed by atoms with Gasteiger partial charge in [-0.1, -0.05) is 84.9 Å². The molecule has 0 amide bonds. The van der Waals surface area contributed by atoms with E-state index >= 15 is 0 Å². The molecule has 0 fully saturated rings. The molecule has 0 heterocycles. The first-order chi connectivity index (χ1) is 13.6. The monoisotopic (exact) mass is 367 g/mol. The van der Waals surface area contributed by atoms with Crippen molar-refractivity contribution in [2.75, 3.05) is 0 Å². The predicted octanol–water partition coefficient (Wildman–Crippen LogP) is 5.04. The van der Waals surface area contributed by atoms with Crippen LogP contribution in [0, 0.1) is 0 Å². The van der Waals surface area contributed by atoms with Crippen molar-refractivity contribution in [1.82, 2.24) is 4.90 Å². The molecular formula is C25H21NO2. The van der Waals surface area contributed by atoms with Crippen LogP contribution in [0.1, 0.15) is 38.8 Å². The van der Waals surface area contributed by atoms with E-state index in [-0.39, 0.29) is 11.6 Å². The Bertz CT molecular complexity index is 1010. The number of rotatable bonds is 5. The van der Waals surface area contributed by atoms with Crippen molar-refractivity contribution in [2.24, 2.45) is 0 Å². The number of carbonyl (C=O) groups is 2. The van der Waals surface area contributed by atoms with Gasteiger partial charge in [0.1, 0.15) is 0 Å². The minimum absolute atomic E-state index is 0.0728. The zero-order valence-electron chi connectivity index (χ0n) is 15.8. The van der Waals surface area contributed by atoms with Gasteiger partial charge in [0, 0.05) is 29.8 Å². The summed E-state index contributed by atoms with van der Waals surface area (Å²) in [6, 6.07) is 27.1. The van der Waals surface area contributed by atoms with Gasteiger partial charge >= 0.3 is 0 Å². The lowest BCUT2D eigenvalue weighted by Crippen LogP contribution is -2.33. The Hall–Kier alpha value is -3.46. The zero-order valence-corrected chi connectivity index (χ0v) is 15.8. The number of carbonyl (C=O) groups excluding carboxylic acids is 2. The zero-order chi connectivity index (χ0) is 19.5. The third kappa shape index (κ3) is 3.39. The Morgan fingerprint density at radius 3 is 1.54 bits per heavy atom. The van der Waals surface area contributed by atoms with Crippen molar-refractivity contribution in [3.63, 3.8) is 0 Å². The van der Waals surface area contributed by atoms with Crippen molar-refractivity contribution < 1.29 is 9.59 Å². The molecule has 0 spiro atoms. The van der Waals surface area contributed by atoms with Crippen LogP contribution in [0.15, 0.2) is 96.2 Å². The fourth-order valence-electron chi connectivity index (χ4n) is 3.69. The Labute approximate surface area is 164 Å². The molecule has 0 saturated heterocycles. The number of benzene rings is 3. The predicted molar refractivity (Wildman–Crippen MR) is 110 cm³/mol. The Morgan fingerprint density at radius 2 is 1.04 bits per heavy atom. The smallest absolute Gasteiger partial charge is 0.210 e. The third-order valence-corrected chi connectivity index (χ3v) is 5.08. The molecule has 3 nitrogen and oxygen atoms in total. The van der Waals surface area contributed by atoms with E-state index in [0.717, 1.165) is 11.1 Å². The van der Waals surface area contributed by atoms with Gasteiger partial charge < -0.3 is 4.90 Å². The topological polar surface area (TPSA) is 37.4 Å². The summed E-state index contributed by atoms with van der Waals surface area (Å²) in [6.07, 6.45) is 0. The van der Waals surface area contributed by atoms with Gasteiger partial charge in [-0.25, -0.2) is 0 Å². The van der Waals surface area contributed by atoms with Crippen molar-refractivity contribution in [3.05, 3.63) is 118 Å². The van der Waals surface area contributed by atoms with E-state index < -0.39 is 0 Å². The van der Waals surface area contributed by atoms with Gasteiger partial charge in [-0.05, 0) is 18.1 Å². The lowest BCUT2D eigenvalue weighted by atomic mass is 9.87. The standard InChI is InChI=1S/C25H21NO2/c1-18-23(25(28)22-15-9-8-14-21(22)24(18)27)26(16-19-10-4-2-5-11-19)17-20-12-6-3-7-13-20/h2-15H,16-17H2,1H3. The van der Waals surface area contributed by atoms with Crippen molar-refractivity contribution in [2.45, 2.75) is 20.0 Å². The molecule has 4 rings (SSSR count). The fraction of sp³-hybridized carbons (Fsp3) is 0.120. The second-order valence-corrected chi connectivity index (χ2v) is 7.00. The van der Waals surface area contributed by atoms with Crippen LogP contribution < -0.4 is 0 Å². The molecule has 138 valence electrons. The van der Waals surface area contributed by atoms with Crippen LogP contribution in [-0.4, -0.2) is 16.5 Å². The number of Topliss-reactive ketones (excluding diaryl/α,β-unsaturated/α-hetero) is 2. The highest BCUT2D eigenvalue weighted by Crippen LogP contribution is 2.30. The van der Waals surface area contributed by atoms with E-state index in [1.807, 2.05) is 65.6 Å². The van der Waals surface area contributed by atoms with E-state index in [1.54, 1.807) is 31.2 Å². The summed E-state index contributed by atoms with van der Waals surface area (Å²) in [5.41, 5.74) is 4.18. The van der Waals surface area contributed by atoms with Gasteiger partial charge in [-0.3, -0.25) is 9.59 Å². The van der Waals surface area contributed by atoms with Crippen LogP contribution in [0.4, 0.5) is 0 Å². The van der Waals surface area contributed by atoms with Crippen LogP contribution in [0.2, 0.25) is 0 Å². The SMILES string of the molecule is CC1=C(N(Cc2ccccc2)Cc2ccccc2)C(=O)c2ccccc2C1=O. The molecule has 0 bridgehead atoms. The lowest BCUT2D eigenvalue weighted by Gasteiger charge is -2.31. The molecule has 0 unspecified atom stereocenters. The molecule has 0 radical (unpaired) electrons. The molecule has 0 N–H and O–H groups in total. The summed E-state index contributed by atoms with van der Waals surface area (Å²) >= 11 is 0. The molecule has 3 aromatic rings. The van der Waals surface area contributed by atoms with Gasteiger partial charge in [-0.2, -0.15) is 0 Å². The van der Waals surface area contributed by atoms with E-state index in [2.05, 4.69) is 0 Å². The number of allylic oxidation sites excluding steroid dienone is 2. The number of fused-ring (bicyclic) bond motifs is 1. The van der Waals surface area contributed by atoms with Gasteiger partial charge in [0.2, 0.25) is 5.78 Å². The maximum absolute atomic E-state index is 13.3. The highest BCUT2D eigenvalue weighted by molar-refractivity contribution is 6.26. The average molecular weight is 367 g/mol. The van der Waals surface area contributed by atoms with Gasteiger partial charge in [0.25, 0.3) is 0 Å². The molecule has 1 aliphatic rings. The minimum Gasteiger partial charge on any atom is -0.359 e. The van der Waals surface area contributed by atoms with Crippen LogP contribution >= 0.6 is 0 Å². The highest BCUT2D eigenvalue weighted by atomic mass is 16.1. The molecule has 3 heteroatoms. The molecule has 3 aromatic carbocycles. The summed E-state index contributed by atoms with van der Waals surface area (Å²) < 4.78 is 0. The Balaban J connectivity index is 1.78. The number of hydrogen-bond donors (Lipinski definition) is 0. The normalized spacial score (nSPS) is 13.5. The van der Waals surface area contributed by atoms with Crippen LogP contribution in [-0.2, 0) is 13.1 Å². The fourth-order valence-corrected chi connectivity index (χ4v) is 3.69. The van der Waals surface area contributed by atoms with Crippen LogP contribution in [0.25, 0.3) is 0 Å². The summed E-state index contributed by atoms with van der Waals surface area (Å²) in [5.74, 6) is -0.157. The van der Waals surface area contributed by atoms with Gasteiger partial charge in [0.15, 0.2) is 5.78 Å². The molecule has 28 heavy (non-hydrogen) atoms. The lowest BCUT2D eigenvalue weighted by molar-refractivity contribution is 0.0935. The molecule has 0 atom stereocenters. The van der Waals surface area contributed by atoms with Gasteiger partial charge in [0.05, 0.1) is 5.70 Å². The molecule has 0 aliphatic heterocycles. The maximum atomic E-state index is 13.3. The summed E-state index contributed by atoms with van der Waals surface area (Å²) in [6.45, 7) is 2.88.